The first-order valence-electron chi connectivity index (χ1n) is 6.64. The Labute approximate surface area is 108 Å². The van der Waals surface area contributed by atoms with E-state index in [0.29, 0.717) is 5.92 Å². The van der Waals surface area contributed by atoms with Crippen LogP contribution in [0.1, 0.15) is 32.1 Å². The average molecular weight is 260 g/mol. The third-order valence-electron chi connectivity index (χ3n) is 3.99. The second-order valence-electron chi connectivity index (χ2n) is 5.29. The summed E-state index contributed by atoms with van der Waals surface area (Å²) < 4.78 is 11.0. The molecule has 0 aliphatic carbocycles. The van der Waals surface area contributed by atoms with Crippen LogP contribution in [-0.4, -0.2) is 48.6 Å². The van der Waals surface area contributed by atoms with E-state index in [2.05, 4.69) is 0 Å². The maximum Gasteiger partial charge on any atom is 0.0783 e. The van der Waals surface area contributed by atoms with Crippen molar-refractivity contribution in [2.24, 2.45) is 5.92 Å². The minimum absolute atomic E-state index is 0.0931. The lowest BCUT2D eigenvalue weighted by atomic mass is 9.81. The van der Waals surface area contributed by atoms with Crippen molar-refractivity contribution < 1.29 is 14.6 Å². The number of rotatable bonds is 5. The van der Waals surface area contributed by atoms with Gasteiger partial charge in [-0.2, -0.15) is 11.8 Å². The third-order valence-corrected chi connectivity index (χ3v) is 5.21. The van der Waals surface area contributed by atoms with E-state index in [1.54, 1.807) is 7.11 Å². The topological polar surface area (TPSA) is 38.7 Å². The first-order chi connectivity index (χ1) is 8.26. The number of thioether (sulfide) groups is 1. The molecule has 0 aromatic rings. The number of aliphatic hydroxyl groups is 1. The van der Waals surface area contributed by atoms with Gasteiger partial charge in [-0.1, -0.05) is 0 Å². The number of ether oxygens (including phenoxy) is 2. The molecule has 2 aliphatic heterocycles. The van der Waals surface area contributed by atoms with E-state index < -0.39 is 0 Å². The molecule has 0 amide bonds. The Morgan fingerprint density at radius 2 is 2.47 bits per heavy atom. The van der Waals surface area contributed by atoms with Crippen molar-refractivity contribution in [1.29, 1.82) is 0 Å². The molecule has 0 aromatic heterocycles. The molecule has 3 unspecified atom stereocenters. The Kier molecular flexibility index (Phi) is 5.15. The Bertz CT molecular complexity index is 229. The summed E-state index contributed by atoms with van der Waals surface area (Å²) in [5.74, 6) is 2.76. The maximum atomic E-state index is 10.2. The van der Waals surface area contributed by atoms with Gasteiger partial charge in [-0.15, -0.1) is 0 Å². The van der Waals surface area contributed by atoms with Crippen molar-refractivity contribution in [2.75, 3.05) is 31.8 Å². The van der Waals surface area contributed by atoms with E-state index in [1.165, 1.54) is 12.2 Å². The van der Waals surface area contributed by atoms with Crippen molar-refractivity contribution in [3.63, 3.8) is 0 Å². The van der Waals surface area contributed by atoms with Gasteiger partial charge in [-0.05, 0) is 43.8 Å². The van der Waals surface area contributed by atoms with Crippen LogP contribution in [0.25, 0.3) is 0 Å². The lowest BCUT2D eigenvalue weighted by Crippen LogP contribution is -2.43. The Morgan fingerprint density at radius 3 is 3.18 bits per heavy atom. The molecule has 100 valence electrons. The van der Waals surface area contributed by atoms with Gasteiger partial charge in [0.1, 0.15) is 0 Å². The Balaban J connectivity index is 1.79. The second-order valence-corrected chi connectivity index (χ2v) is 6.39. The van der Waals surface area contributed by atoms with E-state index in [1.807, 2.05) is 11.8 Å². The van der Waals surface area contributed by atoms with Gasteiger partial charge in [0.05, 0.1) is 11.7 Å². The van der Waals surface area contributed by atoms with Crippen molar-refractivity contribution >= 4 is 11.8 Å². The molecule has 2 saturated heterocycles. The van der Waals surface area contributed by atoms with Crippen LogP contribution >= 0.6 is 11.8 Å². The zero-order valence-corrected chi connectivity index (χ0v) is 11.5. The van der Waals surface area contributed by atoms with E-state index in [0.717, 1.165) is 44.6 Å². The van der Waals surface area contributed by atoms with Crippen LogP contribution in [0.2, 0.25) is 0 Å². The van der Waals surface area contributed by atoms with Crippen LogP contribution in [0.4, 0.5) is 0 Å². The normalized spacial score (nSPS) is 35.3. The molecule has 0 bridgehead atoms. The molecule has 4 heteroatoms. The molecule has 0 saturated carbocycles. The highest BCUT2D eigenvalue weighted by Gasteiger charge is 2.41. The number of hydrogen-bond donors (Lipinski definition) is 1. The van der Waals surface area contributed by atoms with Crippen LogP contribution in [0.15, 0.2) is 0 Å². The first-order valence-corrected chi connectivity index (χ1v) is 7.80. The SMILES string of the molecule is COCCCC(O)C1CCOC2(CCSC2)C1. The molecular weight excluding hydrogens is 236 g/mol. The monoisotopic (exact) mass is 260 g/mol. The molecule has 3 atom stereocenters. The molecule has 17 heavy (non-hydrogen) atoms. The summed E-state index contributed by atoms with van der Waals surface area (Å²) in [4.78, 5) is 0. The lowest BCUT2D eigenvalue weighted by molar-refractivity contribution is -0.102. The quantitative estimate of drug-likeness (QED) is 0.768. The van der Waals surface area contributed by atoms with Gasteiger partial charge in [0.2, 0.25) is 0 Å². The van der Waals surface area contributed by atoms with Crippen molar-refractivity contribution in [2.45, 2.75) is 43.8 Å². The lowest BCUT2D eigenvalue weighted by Gasteiger charge is -2.39. The van der Waals surface area contributed by atoms with Crippen LogP contribution in [-0.2, 0) is 9.47 Å². The molecular formula is C13H24O3S. The van der Waals surface area contributed by atoms with Crippen LogP contribution < -0.4 is 0 Å². The standard InChI is InChI=1S/C13H24O3S/c1-15-6-2-3-12(14)11-4-7-16-13(9-11)5-8-17-10-13/h11-12,14H,2-10H2,1H3. The van der Waals surface area contributed by atoms with E-state index in [-0.39, 0.29) is 11.7 Å². The van der Waals surface area contributed by atoms with Crippen molar-refractivity contribution in [3.05, 3.63) is 0 Å². The maximum absolute atomic E-state index is 10.2. The largest absolute Gasteiger partial charge is 0.393 e. The minimum atomic E-state index is -0.170. The highest BCUT2D eigenvalue weighted by Crippen LogP contribution is 2.41. The molecule has 2 rings (SSSR count). The highest BCUT2D eigenvalue weighted by atomic mass is 32.2. The molecule has 3 nitrogen and oxygen atoms in total. The highest BCUT2D eigenvalue weighted by molar-refractivity contribution is 7.99. The van der Waals surface area contributed by atoms with Crippen LogP contribution in [0.3, 0.4) is 0 Å². The molecule has 1 N–H and O–H groups in total. The number of aliphatic hydroxyl groups excluding tert-OH is 1. The summed E-state index contributed by atoms with van der Waals surface area (Å²) >= 11 is 1.99. The summed E-state index contributed by atoms with van der Waals surface area (Å²) in [6.07, 6.45) is 4.88. The molecule has 2 fully saturated rings. The molecule has 0 aromatic carbocycles. The average Bonchev–Trinajstić information content (AvgIpc) is 2.77. The Morgan fingerprint density at radius 1 is 1.59 bits per heavy atom. The van der Waals surface area contributed by atoms with Crippen LogP contribution in [0.5, 0.6) is 0 Å². The Hall–Kier alpha value is 0.230. The smallest absolute Gasteiger partial charge is 0.0783 e. The predicted octanol–water partition coefficient (Wildman–Crippen LogP) is 2.08. The first kappa shape index (κ1) is 13.7. The summed E-state index contributed by atoms with van der Waals surface area (Å²) in [5, 5.41) is 10.2. The number of methoxy groups -OCH3 is 1. The fourth-order valence-corrected chi connectivity index (χ4v) is 4.31. The summed E-state index contributed by atoms with van der Waals surface area (Å²) in [6.45, 7) is 1.58. The molecule has 1 spiro atoms. The van der Waals surface area contributed by atoms with Gasteiger partial charge in [0.25, 0.3) is 0 Å². The fraction of sp³-hybridized carbons (Fsp3) is 1.00. The van der Waals surface area contributed by atoms with Gasteiger partial charge in [-0.25, -0.2) is 0 Å². The minimum Gasteiger partial charge on any atom is -0.393 e. The van der Waals surface area contributed by atoms with Gasteiger partial charge < -0.3 is 14.6 Å². The third kappa shape index (κ3) is 3.60. The van der Waals surface area contributed by atoms with Crippen LogP contribution in [0, 0.1) is 5.92 Å². The number of hydrogen-bond acceptors (Lipinski definition) is 4. The van der Waals surface area contributed by atoms with E-state index in [9.17, 15) is 5.11 Å². The molecule has 2 aliphatic rings. The van der Waals surface area contributed by atoms with Gasteiger partial charge in [0, 0.05) is 26.1 Å². The zero-order chi connectivity index (χ0) is 12.1. The second kappa shape index (κ2) is 6.41. The molecule has 0 radical (unpaired) electrons. The summed E-state index contributed by atoms with van der Waals surface area (Å²) in [6, 6.07) is 0. The zero-order valence-electron chi connectivity index (χ0n) is 10.7. The van der Waals surface area contributed by atoms with E-state index >= 15 is 0 Å². The summed E-state index contributed by atoms with van der Waals surface area (Å²) in [5.41, 5.74) is 0.0931. The van der Waals surface area contributed by atoms with Crippen molar-refractivity contribution in [1.82, 2.24) is 0 Å². The van der Waals surface area contributed by atoms with Gasteiger partial charge in [-0.3, -0.25) is 0 Å². The fourth-order valence-electron chi connectivity index (χ4n) is 2.93. The van der Waals surface area contributed by atoms with Crippen molar-refractivity contribution in [3.8, 4) is 0 Å². The molecule has 2 heterocycles. The van der Waals surface area contributed by atoms with Gasteiger partial charge >= 0.3 is 0 Å². The van der Waals surface area contributed by atoms with E-state index in [4.69, 9.17) is 9.47 Å². The van der Waals surface area contributed by atoms with Gasteiger partial charge in [0.15, 0.2) is 0 Å². The predicted molar refractivity (Wildman–Crippen MR) is 70.5 cm³/mol. The summed E-state index contributed by atoms with van der Waals surface area (Å²) in [7, 11) is 1.71.